The van der Waals surface area contributed by atoms with Gasteiger partial charge in [-0.15, -0.1) is 16.4 Å². The van der Waals surface area contributed by atoms with Gasteiger partial charge in [0, 0.05) is 5.02 Å². The first-order valence-electron chi connectivity index (χ1n) is 7.19. The lowest BCUT2D eigenvalue weighted by Gasteiger charge is -2.21. The van der Waals surface area contributed by atoms with Gasteiger partial charge in [-0.2, -0.15) is 0 Å². The number of hydrazone groups is 1. The second kappa shape index (κ2) is 8.00. The molecule has 3 rings (SSSR count). The Morgan fingerprint density at radius 3 is 2.44 bits per heavy atom. The standard InChI is InChI=1S/C17H13ClN3O3S/c18-12-3-9-15(10-4-12)24-17(16-2-1-11-25-16)20-19-13-5-7-14(8-6-13)21(22)23/h1-11,19,22H/q-1. The average Bonchev–Trinajstić information content (AvgIpc) is 3.15. The van der Waals surface area contributed by atoms with Gasteiger partial charge in [-0.1, -0.05) is 17.7 Å². The van der Waals surface area contributed by atoms with Gasteiger partial charge in [0.25, 0.3) is 5.90 Å². The van der Waals surface area contributed by atoms with E-state index in [-0.39, 0.29) is 10.9 Å². The Hall–Kier alpha value is -2.58. The monoisotopic (exact) mass is 374 g/mol. The average molecular weight is 375 g/mol. The molecule has 1 aromatic heterocycles. The molecule has 0 bridgehead atoms. The molecule has 0 radical (unpaired) electrons. The summed E-state index contributed by atoms with van der Waals surface area (Å²) < 4.78 is 5.84. The van der Waals surface area contributed by atoms with E-state index in [1.807, 2.05) is 17.5 Å². The fraction of sp³-hybridized carbons (Fsp3) is 0. The highest BCUT2D eigenvalue weighted by molar-refractivity contribution is 7.12. The molecule has 8 heteroatoms. The molecular formula is C17H13ClN3O3S-. The van der Waals surface area contributed by atoms with Crippen LogP contribution in [-0.4, -0.2) is 11.1 Å². The zero-order chi connectivity index (χ0) is 17.6. The summed E-state index contributed by atoms with van der Waals surface area (Å²) in [4.78, 5) is 0.847. The van der Waals surface area contributed by atoms with E-state index in [0.29, 0.717) is 22.4 Å². The number of hydrogen-bond donors (Lipinski definition) is 2. The summed E-state index contributed by atoms with van der Waals surface area (Å²) in [7, 11) is 0. The van der Waals surface area contributed by atoms with Crippen LogP contribution in [-0.2, 0) is 0 Å². The zero-order valence-corrected chi connectivity index (χ0v) is 14.4. The molecule has 6 nitrogen and oxygen atoms in total. The molecule has 0 fully saturated rings. The lowest BCUT2D eigenvalue weighted by Crippen LogP contribution is -2.11. The second-order valence-electron chi connectivity index (χ2n) is 4.88. The van der Waals surface area contributed by atoms with E-state index in [4.69, 9.17) is 21.5 Å². The Morgan fingerprint density at radius 1 is 1.12 bits per heavy atom. The molecule has 25 heavy (non-hydrogen) atoms. The van der Waals surface area contributed by atoms with Gasteiger partial charge in [0.2, 0.25) is 0 Å². The number of hydrogen-bond acceptors (Lipinski definition) is 7. The molecule has 2 aromatic carbocycles. The number of thiophene rings is 1. The van der Waals surface area contributed by atoms with Gasteiger partial charge in [0.1, 0.15) is 5.75 Å². The normalized spacial score (nSPS) is 11.2. The van der Waals surface area contributed by atoms with Gasteiger partial charge in [0.15, 0.2) is 0 Å². The van der Waals surface area contributed by atoms with Crippen molar-refractivity contribution in [1.29, 1.82) is 0 Å². The number of nitrogens with zero attached hydrogens (tertiary/aromatic N) is 2. The Balaban J connectivity index is 1.79. The first-order valence-corrected chi connectivity index (χ1v) is 8.45. The fourth-order valence-corrected chi connectivity index (χ4v) is 2.70. The number of anilines is 2. The van der Waals surface area contributed by atoms with Crippen LogP contribution in [0.3, 0.4) is 0 Å². The second-order valence-corrected chi connectivity index (χ2v) is 6.27. The topological polar surface area (TPSA) is 80.2 Å². The van der Waals surface area contributed by atoms with Crippen LogP contribution >= 0.6 is 22.9 Å². The molecular weight excluding hydrogens is 362 g/mol. The predicted molar refractivity (Wildman–Crippen MR) is 101 cm³/mol. The fourth-order valence-electron chi connectivity index (χ4n) is 1.92. The van der Waals surface area contributed by atoms with Crippen LogP contribution < -0.4 is 15.4 Å². The van der Waals surface area contributed by atoms with Crippen molar-refractivity contribution in [1.82, 2.24) is 0 Å². The maximum Gasteiger partial charge on any atom is 0.253 e. The van der Waals surface area contributed by atoms with Crippen molar-refractivity contribution < 1.29 is 9.94 Å². The molecule has 3 aromatic rings. The summed E-state index contributed by atoms with van der Waals surface area (Å²) in [5.41, 5.74) is 3.64. The Bertz CT molecular complexity index is 835. The summed E-state index contributed by atoms with van der Waals surface area (Å²) in [6.07, 6.45) is 0. The quantitative estimate of drug-likeness (QED) is 0.375. The molecule has 2 N–H and O–H groups in total. The van der Waals surface area contributed by atoms with Crippen LogP contribution in [0.5, 0.6) is 5.75 Å². The summed E-state index contributed by atoms with van der Waals surface area (Å²) in [5, 5.41) is 26.3. The molecule has 0 aliphatic rings. The number of halogens is 1. The highest BCUT2D eigenvalue weighted by Gasteiger charge is 2.08. The summed E-state index contributed by atoms with van der Waals surface area (Å²) in [5.74, 6) is 1.00. The van der Waals surface area contributed by atoms with Crippen molar-refractivity contribution in [3.8, 4) is 5.75 Å². The van der Waals surface area contributed by atoms with E-state index in [1.165, 1.54) is 23.5 Å². The molecule has 0 aliphatic heterocycles. The smallest absolute Gasteiger partial charge is 0.253 e. The summed E-state index contributed by atoms with van der Waals surface area (Å²) in [6, 6.07) is 16.9. The van der Waals surface area contributed by atoms with E-state index in [0.717, 1.165) is 4.88 Å². The largest absolute Gasteiger partial charge is 0.733 e. The number of ether oxygens (including phenoxy) is 1. The zero-order valence-electron chi connectivity index (χ0n) is 12.8. The third-order valence-corrected chi connectivity index (χ3v) is 4.24. The van der Waals surface area contributed by atoms with Gasteiger partial charge in [-0.3, -0.25) is 10.6 Å². The van der Waals surface area contributed by atoms with E-state index in [2.05, 4.69) is 10.5 Å². The highest BCUT2D eigenvalue weighted by Crippen LogP contribution is 2.20. The van der Waals surface area contributed by atoms with Crippen LogP contribution in [0, 0.1) is 5.21 Å². The van der Waals surface area contributed by atoms with Crippen LogP contribution in [0.2, 0.25) is 5.02 Å². The van der Waals surface area contributed by atoms with Crippen LogP contribution in [0.25, 0.3) is 0 Å². The maximum absolute atomic E-state index is 10.8. The predicted octanol–water partition coefficient (Wildman–Crippen LogP) is 4.95. The number of benzene rings is 2. The van der Waals surface area contributed by atoms with Gasteiger partial charge < -0.3 is 15.2 Å². The summed E-state index contributed by atoms with van der Waals surface area (Å²) >= 11 is 7.38. The van der Waals surface area contributed by atoms with E-state index < -0.39 is 0 Å². The van der Waals surface area contributed by atoms with Gasteiger partial charge in [-0.05, 0) is 60.0 Å². The van der Waals surface area contributed by atoms with Gasteiger partial charge in [-0.25, -0.2) is 0 Å². The molecule has 0 unspecified atom stereocenters. The Labute approximate surface area is 153 Å². The third-order valence-electron chi connectivity index (χ3n) is 3.13. The van der Waals surface area contributed by atoms with E-state index in [9.17, 15) is 5.21 Å². The van der Waals surface area contributed by atoms with Crippen molar-refractivity contribution in [2.45, 2.75) is 0 Å². The Kier molecular flexibility index (Phi) is 5.52. The maximum atomic E-state index is 10.8. The minimum absolute atomic E-state index is 0.130. The minimum Gasteiger partial charge on any atom is -0.733 e. The highest BCUT2D eigenvalue weighted by atomic mass is 35.5. The SMILES string of the molecule is [O-]N(O)c1ccc(NN=C(Oc2ccc(Cl)cc2)c2cccs2)cc1. The van der Waals surface area contributed by atoms with E-state index >= 15 is 0 Å². The van der Waals surface area contributed by atoms with Crippen molar-refractivity contribution >= 4 is 40.2 Å². The lowest BCUT2D eigenvalue weighted by atomic mass is 10.3. The molecule has 0 aliphatic carbocycles. The van der Waals surface area contributed by atoms with Crippen LogP contribution in [0.15, 0.2) is 71.1 Å². The first kappa shape index (κ1) is 17.2. The number of nitrogens with one attached hydrogen (secondary N) is 1. The van der Waals surface area contributed by atoms with Crippen molar-refractivity contribution in [2.75, 3.05) is 10.7 Å². The lowest BCUT2D eigenvalue weighted by molar-refractivity contribution is 0.296. The molecule has 0 atom stereocenters. The minimum atomic E-state index is -0.201. The van der Waals surface area contributed by atoms with E-state index in [1.54, 1.807) is 36.4 Å². The molecule has 0 spiro atoms. The van der Waals surface area contributed by atoms with Crippen LogP contribution in [0.4, 0.5) is 11.4 Å². The molecule has 128 valence electrons. The Morgan fingerprint density at radius 2 is 1.84 bits per heavy atom. The van der Waals surface area contributed by atoms with Crippen molar-refractivity contribution in [3.63, 3.8) is 0 Å². The van der Waals surface area contributed by atoms with Crippen molar-refractivity contribution in [3.05, 3.63) is 81.2 Å². The summed E-state index contributed by atoms with van der Waals surface area (Å²) in [6.45, 7) is 0. The molecule has 0 amide bonds. The molecule has 0 saturated carbocycles. The van der Waals surface area contributed by atoms with Crippen molar-refractivity contribution in [2.24, 2.45) is 5.10 Å². The van der Waals surface area contributed by atoms with Gasteiger partial charge >= 0.3 is 0 Å². The third kappa shape index (κ3) is 4.71. The molecule has 0 saturated heterocycles. The first-order chi connectivity index (χ1) is 12.1. The molecule has 1 heterocycles. The van der Waals surface area contributed by atoms with Gasteiger partial charge in [0.05, 0.1) is 16.3 Å². The number of rotatable bonds is 5. The van der Waals surface area contributed by atoms with Crippen LogP contribution in [0.1, 0.15) is 4.88 Å².